The van der Waals surface area contributed by atoms with Crippen molar-refractivity contribution in [2.45, 2.75) is 26.9 Å². The molecule has 0 heterocycles. The van der Waals surface area contributed by atoms with Gasteiger partial charge in [-0.05, 0) is 24.6 Å². The van der Waals surface area contributed by atoms with Crippen LogP contribution in [0.5, 0.6) is 5.75 Å². The molecule has 0 aliphatic carbocycles. The number of benzene rings is 2. The summed E-state index contributed by atoms with van der Waals surface area (Å²) in [5, 5.41) is 0. The Morgan fingerprint density at radius 2 is 1.77 bits per heavy atom. The maximum Gasteiger partial charge on any atom is 0.166 e. The maximum absolute atomic E-state index is 12.3. The van der Waals surface area contributed by atoms with E-state index in [0.29, 0.717) is 17.9 Å². The number of ketones is 2. The van der Waals surface area contributed by atoms with Crippen molar-refractivity contribution < 1.29 is 14.3 Å². The molecule has 0 saturated carbocycles. The van der Waals surface area contributed by atoms with Crippen LogP contribution in [0.4, 0.5) is 0 Å². The van der Waals surface area contributed by atoms with Gasteiger partial charge in [0.25, 0.3) is 0 Å². The van der Waals surface area contributed by atoms with E-state index in [1.54, 1.807) is 25.1 Å². The van der Waals surface area contributed by atoms with Crippen molar-refractivity contribution >= 4 is 11.6 Å². The van der Waals surface area contributed by atoms with Crippen LogP contribution in [0, 0.1) is 5.92 Å². The second-order valence-electron chi connectivity index (χ2n) is 5.47. The van der Waals surface area contributed by atoms with Gasteiger partial charge in [0, 0.05) is 17.9 Å². The van der Waals surface area contributed by atoms with E-state index < -0.39 is 0 Å². The van der Waals surface area contributed by atoms with E-state index in [1.807, 2.05) is 36.4 Å². The van der Waals surface area contributed by atoms with Crippen LogP contribution < -0.4 is 4.74 Å². The Balaban J connectivity index is 2.03. The summed E-state index contributed by atoms with van der Waals surface area (Å²) in [5.74, 6) is 0.351. The van der Waals surface area contributed by atoms with Crippen molar-refractivity contribution in [1.29, 1.82) is 0 Å². The number of carbonyl (C=O) groups excluding carboxylic acids is 2. The second-order valence-corrected chi connectivity index (χ2v) is 5.47. The van der Waals surface area contributed by atoms with Gasteiger partial charge in [0.1, 0.15) is 18.1 Å². The SMILES string of the molecule is CC(=O)CC(C)C(=O)c1cccc(OCc2ccccc2)c1. The molecule has 0 spiro atoms. The Bertz CT molecular complexity index is 647. The van der Waals surface area contributed by atoms with Crippen LogP contribution in [-0.2, 0) is 11.4 Å². The molecule has 0 aromatic heterocycles. The molecule has 2 aromatic carbocycles. The molecule has 3 nitrogen and oxygen atoms in total. The minimum absolute atomic E-state index is 0.0253. The minimum Gasteiger partial charge on any atom is -0.489 e. The molecule has 0 saturated heterocycles. The Morgan fingerprint density at radius 3 is 2.45 bits per heavy atom. The highest BCUT2D eigenvalue weighted by molar-refractivity contribution is 5.99. The molecule has 0 radical (unpaired) electrons. The third-order valence-electron chi connectivity index (χ3n) is 3.41. The van der Waals surface area contributed by atoms with Gasteiger partial charge >= 0.3 is 0 Å². The second kappa shape index (κ2) is 7.55. The average molecular weight is 296 g/mol. The van der Waals surface area contributed by atoms with Crippen molar-refractivity contribution in [2.24, 2.45) is 5.92 Å². The molecule has 22 heavy (non-hydrogen) atoms. The van der Waals surface area contributed by atoms with Crippen molar-refractivity contribution in [3.05, 3.63) is 65.7 Å². The lowest BCUT2D eigenvalue weighted by Crippen LogP contribution is -2.14. The standard InChI is InChI=1S/C19H20O3/c1-14(11-15(2)20)19(21)17-9-6-10-18(12-17)22-13-16-7-4-3-5-8-16/h3-10,12,14H,11,13H2,1-2H3. The third-order valence-corrected chi connectivity index (χ3v) is 3.41. The highest BCUT2D eigenvalue weighted by Crippen LogP contribution is 2.19. The van der Waals surface area contributed by atoms with E-state index in [2.05, 4.69) is 0 Å². The summed E-state index contributed by atoms with van der Waals surface area (Å²) in [7, 11) is 0. The van der Waals surface area contributed by atoms with E-state index in [9.17, 15) is 9.59 Å². The molecule has 2 aromatic rings. The predicted octanol–water partition coefficient (Wildman–Crippen LogP) is 4.06. The normalized spacial score (nSPS) is 11.7. The van der Waals surface area contributed by atoms with Crippen molar-refractivity contribution in [3.8, 4) is 5.75 Å². The smallest absolute Gasteiger partial charge is 0.166 e. The van der Waals surface area contributed by atoms with Crippen LogP contribution in [0.25, 0.3) is 0 Å². The van der Waals surface area contributed by atoms with Crippen LogP contribution >= 0.6 is 0 Å². The third kappa shape index (κ3) is 4.55. The highest BCUT2D eigenvalue weighted by atomic mass is 16.5. The molecule has 2 rings (SSSR count). The summed E-state index contributed by atoms with van der Waals surface area (Å²) in [5.41, 5.74) is 1.66. The van der Waals surface area contributed by atoms with Crippen molar-refractivity contribution in [3.63, 3.8) is 0 Å². The van der Waals surface area contributed by atoms with Crippen LogP contribution in [0.1, 0.15) is 36.2 Å². The topological polar surface area (TPSA) is 43.4 Å². The van der Waals surface area contributed by atoms with Crippen LogP contribution in [0.2, 0.25) is 0 Å². The monoisotopic (exact) mass is 296 g/mol. The number of ether oxygens (including phenoxy) is 1. The first kappa shape index (κ1) is 16.0. The van der Waals surface area contributed by atoms with Gasteiger partial charge in [-0.1, -0.05) is 49.4 Å². The molecular formula is C19H20O3. The summed E-state index contributed by atoms with van der Waals surface area (Å²) >= 11 is 0. The zero-order chi connectivity index (χ0) is 15.9. The van der Waals surface area contributed by atoms with Gasteiger partial charge in [-0.15, -0.1) is 0 Å². The van der Waals surface area contributed by atoms with Gasteiger partial charge in [0.05, 0.1) is 0 Å². The molecule has 1 atom stereocenters. The largest absolute Gasteiger partial charge is 0.489 e. The number of hydrogen-bond acceptors (Lipinski definition) is 3. The lowest BCUT2D eigenvalue weighted by atomic mass is 9.95. The van der Waals surface area contributed by atoms with Gasteiger partial charge in [0.2, 0.25) is 0 Å². The fraction of sp³-hybridized carbons (Fsp3) is 0.263. The van der Waals surface area contributed by atoms with Gasteiger partial charge in [-0.25, -0.2) is 0 Å². The molecule has 3 heteroatoms. The van der Waals surface area contributed by atoms with Crippen LogP contribution in [0.3, 0.4) is 0 Å². The van der Waals surface area contributed by atoms with Gasteiger partial charge < -0.3 is 9.53 Å². The predicted molar refractivity (Wildman–Crippen MR) is 86.0 cm³/mol. The molecule has 0 aliphatic rings. The maximum atomic E-state index is 12.3. The first-order valence-corrected chi connectivity index (χ1v) is 7.36. The lowest BCUT2D eigenvalue weighted by Gasteiger charge is -2.11. The summed E-state index contributed by atoms with van der Waals surface area (Å²) in [4.78, 5) is 23.4. The van der Waals surface area contributed by atoms with E-state index in [0.717, 1.165) is 5.56 Å². The summed E-state index contributed by atoms with van der Waals surface area (Å²) in [6.45, 7) is 3.74. The van der Waals surface area contributed by atoms with E-state index in [1.165, 1.54) is 6.92 Å². The van der Waals surface area contributed by atoms with Crippen LogP contribution in [-0.4, -0.2) is 11.6 Å². The quantitative estimate of drug-likeness (QED) is 0.724. The highest BCUT2D eigenvalue weighted by Gasteiger charge is 2.17. The zero-order valence-corrected chi connectivity index (χ0v) is 12.9. The first-order valence-electron chi connectivity index (χ1n) is 7.36. The van der Waals surface area contributed by atoms with E-state index in [4.69, 9.17) is 4.74 Å². The van der Waals surface area contributed by atoms with Crippen molar-refractivity contribution in [1.82, 2.24) is 0 Å². The van der Waals surface area contributed by atoms with Gasteiger partial charge in [-0.3, -0.25) is 4.79 Å². The number of hydrogen-bond donors (Lipinski definition) is 0. The Kier molecular flexibility index (Phi) is 5.48. The molecule has 114 valence electrons. The Labute approximate surface area is 130 Å². The summed E-state index contributed by atoms with van der Waals surface area (Å²) in [6, 6.07) is 17.0. The molecule has 0 bridgehead atoms. The fourth-order valence-electron chi connectivity index (χ4n) is 2.29. The summed E-state index contributed by atoms with van der Waals surface area (Å²) in [6.07, 6.45) is 0.272. The fourth-order valence-corrected chi connectivity index (χ4v) is 2.29. The Hall–Kier alpha value is -2.42. The lowest BCUT2D eigenvalue weighted by molar-refractivity contribution is -0.117. The van der Waals surface area contributed by atoms with E-state index in [-0.39, 0.29) is 23.9 Å². The Morgan fingerprint density at radius 1 is 1.05 bits per heavy atom. The van der Waals surface area contributed by atoms with Crippen LogP contribution in [0.15, 0.2) is 54.6 Å². The molecular weight excluding hydrogens is 276 g/mol. The molecule has 0 fully saturated rings. The number of carbonyl (C=O) groups is 2. The molecule has 0 N–H and O–H groups in total. The van der Waals surface area contributed by atoms with Gasteiger partial charge in [0.15, 0.2) is 5.78 Å². The number of Topliss-reactive ketones (excluding diaryl/α,β-unsaturated/α-hetero) is 2. The van der Waals surface area contributed by atoms with Crippen molar-refractivity contribution in [2.75, 3.05) is 0 Å². The van der Waals surface area contributed by atoms with Gasteiger partial charge in [-0.2, -0.15) is 0 Å². The molecule has 1 unspecified atom stereocenters. The number of rotatable bonds is 7. The zero-order valence-electron chi connectivity index (χ0n) is 12.9. The first-order chi connectivity index (χ1) is 10.6. The minimum atomic E-state index is -0.304. The summed E-state index contributed by atoms with van der Waals surface area (Å²) < 4.78 is 5.72. The van der Waals surface area contributed by atoms with E-state index >= 15 is 0 Å². The molecule has 0 amide bonds. The average Bonchev–Trinajstić information content (AvgIpc) is 2.53. The molecule has 0 aliphatic heterocycles.